The minimum atomic E-state index is 0.0933. The summed E-state index contributed by atoms with van der Waals surface area (Å²) in [6.07, 6.45) is 12.9. The van der Waals surface area contributed by atoms with Crippen molar-refractivity contribution in [3.05, 3.63) is 29.3 Å². The highest BCUT2D eigenvalue weighted by atomic mass is 16.5. The minimum absolute atomic E-state index is 0.0933. The number of nitriles is 1. The van der Waals surface area contributed by atoms with E-state index >= 15 is 0 Å². The first-order valence-corrected chi connectivity index (χ1v) is 14.8. The number of hydrogen-bond acceptors (Lipinski definition) is 3. The van der Waals surface area contributed by atoms with E-state index in [1.54, 1.807) is 6.07 Å². The summed E-state index contributed by atoms with van der Waals surface area (Å²) in [6, 6.07) is 7.76. The van der Waals surface area contributed by atoms with Crippen molar-refractivity contribution >= 4 is 11.6 Å². The summed E-state index contributed by atoms with van der Waals surface area (Å²) in [6.45, 7) is 10.8. The molecule has 4 nitrogen and oxygen atoms in total. The number of fused-ring (bicyclic) bond motifs is 5. The van der Waals surface area contributed by atoms with E-state index in [1.807, 2.05) is 19.1 Å². The van der Waals surface area contributed by atoms with Crippen molar-refractivity contribution in [2.45, 2.75) is 91.9 Å². The molecule has 36 heavy (non-hydrogen) atoms. The van der Waals surface area contributed by atoms with Crippen molar-refractivity contribution in [3.8, 4) is 6.07 Å². The van der Waals surface area contributed by atoms with Crippen LogP contribution in [-0.2, 0) is 9.53 Å². The van der Waals surface area contributed by atoms with Crippen molar-refractivity contribution in [3.63, 3.8) is 0 Å². The number of amides is 1. The van der Waals surface area contributed by atoms with E-state index in [0.717, 1.165) is 54.6 Å². The summed E-state index contributed by atoms with van der Waals surface area (Å²) in [5, 5.41) is 12.4. The van der Waals surface area contributed by atoms with Crippen LogP contribution in [0.5, 0.6) is 0 Å². The van der Waals surface area contributed by atoms with Gasteiger partial charge in [0.25, 0.3) is 0 Å². The van der Waals surface area contributed by atoms with Gasteiger partial charge in [-0.2, -0.15) is 5.26 Å². The molecule has 0 spiro atoms. The predicted molar refractivity (Wildman–Crippen MR) is 144 cm³/mol. The smallest absolute Gasteiger partial charge is 0.228 e. The Hall–Kier alpha value is -1.86. The van der Waals surface area contributed by atoms with Gasteiger partial charge in [0.1, 0.15) is 0 Å². The van der Waals surface area contributed by atoms with Gasteiger partial charge in [-0.1, -0.05) is 13.8 Å². The molecule has 0 aliphatic heterocycles. The first kappa shape index (κ1) is 25.8. The van der Waals surface area contributed by atoms with Crippen molar-refractivity contribution in [1.29, 1.82) is 5.26 Å². The third-order valence-electron chi connectivity index (χ3n) is 11.6. The molecule has 0 saturated heterocycles. The van der Waals surface area contributed by atoms with Gasteiger partial charge in [0.05, 0.1) is 11.6 Å². The summed E-state index contributed by atoms with van der Waals surface area (Å²) in [5.74, 6) is 4.22. The molecule has 8 atom stereocenters. The first-order valence-electron chi connectivity index (χ1n) is 14.8. The highest BCUT2D eigenvalue weighted by Gasteiger charge is 2.61. The molecule has 4 fully saturated rings. The molecule has 0 bridgehead atoms. The number of ether oxygens (including phenoxy) is 1. The number of aryl methyl sites for hydroxylation is 1. The van der Waals surface area contributed by atoms with Crippen LogP contribution in [0.2, 0.25) is 0 Å². The summed E-state index contributed by atoms with van der Waals surface area (Å²) in [5.41, 5.74) is 3.10. The van der Waals surface area contributed by atoms with E-state index in [-0.39, 0.29) is 17.2 Å². The van der Waals surface area contributed by atoms with Crippen molar-refractivity contribution < 1.29 is 9.53 Å². The zero-order chi connectivity index (χ0) is 25.5. The lowest BCUT2D eigenvalue weighted by molar-refractivity contribution is -0.141. The van der Waals surface area contributed by atoms with Gasteiger partial charge in [-0.15, -0.1) is 0 Å². The quantitative estimate of drug-likeness (QED) is 0.449. The average Bonchev–Trinajstić information content (AvgIpc) is 3.25. The number of hydrogen-bond donors (Lipinski definition) is 1. The van der Waals surface area contributed by atoms with Crippen molar-refractivity contribution in [2.75, 3.05) is 18.5 Å². The fraction of sp³-hybridized carbons (Fsp3) is 0.750. The third kappa shape index (κ3) is 4.20. The Labute approximate surface area is 218 Å². The van der Waals surface area contributed by atoms with E-state index in [4.69, 9.17) is 4.74 Å². The molecule has 1 N–H and O–H groups in total. The molecule has 1 aromatic carbocycles. The molecule has 0 aromatic heterocycles. The molecule has 4 heteroatoms. The number of rotatable bonds is 6. The lowest BCUT2D eigenvalue weighted by atomic mass is 9.43. The fourth-order valence-corrected chi connectivity index (χ4v) is 9.81. The molecule has 0 heterocycles. The number of carbonyl (C=O) groups excluding carboxylic acids is 1. The number of nitrogens with one attached hydrogen (secondary N) is 1. The summed E-state index contributed by atoms with van der Waals surface area (Å²) >= 11 is 0. The maximum Gasteiger partial charge on any atom is 0.228 e. The fourth-order valence-electron chi connectivity index (χ4n) is 9.81. The molecule has 4 aliphatic carbocycles. The van der Waals surface area contributed by atoms with Gasteiger partial charge in [-0.25, -0.2) is 0 Å². The van der Waals surface area contributed by atoms with Gasteiger partial charge in [-0.3, -0.25) is 4.79 Å². The molecule has 4 saturated carbocycles. The summed E-state index contributed by atoms with van der Waals surface area (Å²) in [4.78, 5) is 13.6. The van der Waals surface area contributed by atoms with Crippen LogP contribution in [0, 0.1) is 64.6 Å². The van der Waals surface area contributed by atoms with E-state index < -0.39 is 0 Å². The Morgan fingerprint density at radius 1 is 1.11 bits per heavy atom. The Morgan fingerprint density at radius 2 is 1.94 bits per heavy atom. The highest BCUT2D eigenvalue weighted by Crippen LogP contribution is 2.68. The number of nitrogens with zero attached hydrogens (tertiary/aromatic N) is 1. The van der Waals surface area contributed by atoms with Gasteiger partial charge >= 0.3 is 0 Å². The normalized spacial score (nSPS) is 39.4. The minimum Gasteiger partial charge on any atom is -0.381 e. The zero-order valence-electron chi connectivity index (χ0n) is 22.9. The summed E-state index contributed by atoms with van der Waals surface area (Å²) < 4.78 is 5.84. The van der Waals surface area contributed by atoms with E-state index in [2.05, 4.69) is 32.2 Å². The number of anilines is 1. The Kier molecular flexibility index (Phi) is 7.25. The van der Waals surface area contributed by atoms with Gasteiger partial charge in [-0.05, 0) is 142 Å². The maximum atomic E-state index is 13.6. The zero-order valence-corrected chi connectivity index (χ0v) is 22.9. The molecular formula is C32H46N2O2. The topological polar surface area (TPSA) is 62.1 Å². The Bertz CT molecular complexity index is 1010. The molecule has 1 amide bonds. The lowest BCUT2D eigenvalue weighted by Crippen LogP contribution is -2.55. The average molecular weight is 491 g/mol. The van der Waals surface area contributed by atoms with Gasteiger partial charge in [0, 0.05) is 24.8 Å². The molecule has 1 aromatic rings. The molecule has 4 aliphatic rings. The van der Waals surface area contributed by atoms with Crippen molar-refractivity contribution in [2.24, 2.45) is 46.3 Å². The van der Waals surface area contributed by atoms with Crippen molar-refractivity contribution in [1.82, 2.24) is 0 Å². The maximum absolute atomic E-state index is 13.6. The van der Waals surface area contributed by atoms with E-state index in [0.29, 0.717) is 16.9 Å². The molecule has 5 rings (SSSR count). The van der Waals surface area contributed by atoms with Crippen LogP contribution in [0.25, 0.3) is 0 Å². The van der Waals surface area contributed by atoms with Crippen LogP contribution < -0.4 is 5.32 Å². The van der Waals surface area contributed by atoms with Crippen LogP contribution in [-0.4, -0.2) is 19.1 Å². The van der Waals surface area contributed by atoms with Crippen LogP contribution in [0.1, 0.15) is 96.1 Å². The largest absolute Gasteiger partial charge is 0.381 e. The monoisotopic (exact) mass is 490 g/mol. The van der Waals surface area contributed by atoms with Gasteiger partial charge in [0.2, 0.25) is 5.91 Å². The lowest BCUT2D eigenvalue weighted by Gasteiger charge is -2.62. The summed E-state index contributed by atoms with van der Waals surface area (Å²) in [7, 11) is 0. The Balaban J connectivity index is 1.31. The third-order valence-corrected chi connectivity index (χ3v) is 11.6. The predicted octanol–water partition coefficient (Wildman–Crippen LogP) is 7.51. The van der Waals surface area contributed by atoms with Crippen LogP contribution in [0.3, 0.4) is 0 Å². The Morgan fingerprint density at radius 3 is 2.67 bits per heavy atom. The molecule has 8 unspecified atom stereocenters. The van der Waals surface area contributed by atoms with Gasteiger partial charge < -0.3 is 10.1 Å². The standard InChI is InChI=1S/C32H46N2O2/c1-5-32-16-13-23(20-36-6-2)18-24(32)8-9-25-26-10-11-28(31(26,4)15-14-27(25)32)30(35)34-29-12-7-22(19-33)17-21(29)3/h7,12,17,23-28H,5-6,8-11,13-16,18,20H2,1-4H3,(H,34,35). The van der Waals surface area contributed by atoms with Crippen LogP contribution in [0.15, 0.2) is 18.2 Å². The first-order chi connectivity index (χ1) is 17.4. The second-order valence-corrected chi connectivity index (χ2v) is 12.8. The molecular weight excluding hydrogens is 444 g/mol. The van der Waals surface area contributed by atoms with Gasteiger partial charge in [0.15, 0.2) is 0 Å². The van der Waals surface area contributed by atoms with Crippen LogP contribution >= 0.6 is 0 Å². The molecule has 196 valence electrons. The van der Waals surface area contributed by atoms with E-state index in [1.165, 1.54) is 57.8 Å². The second kappa shape index (κ2) is 10.1. The SMILES string of the molecule is CCOCC1CCC2(CC)C(CCC3C4CCC(C(=O)Nc5ccc(C#N)cc5C)C4(C)CCC32)C1. The highest BCUT2D eigenvalue weighted by molar-refractivity contribution is 5.94. The molecule has 0 radical (unpaired) electrons. The second-order valence-electron chi connectivity index (χ2n) is 12.8. The number of carbonyl (C=O) groups is 1. The van der Waals surface area contributed by atoms with Crippen LogP contribution in [0.4, 0.5) is 5.69 Å². The van der Waals surface area contributed by atoms with E-state index in [9.17, 15) is 10.1 Å². The number of benzene rings is 1.